The lowest BCUT2D eigenvalue weighted by molar-refractivity contribution is -0.364. The third-order valence-electron chi connectivity index (χ3n) is 4.56. The second-order valence-electron chi connectivity index (χ2n) is 6.17. The topological polar surface area (TPSA) is 50.8 Å². The van der Waals surface area contributed by atoms with Gasteiger partial charge in [-0.1, -0.05) is 18.2 Å². The number of carbonyl (C=O) groups is 1. The second kappa shape index (κ2) is 7.00. The number of aromatic nitrogens is 1. The van der Waals surface area contributed by atoms with Crippen molar-refractivity contribution in [3.05, 3.63) is 72.4 Å². The van der Waals surface area contributed by atoms with Crippen molar-refractivity contribution in [2.24, 2.45) is 0 Å². The van der Waals surface area contributed by atoms with Gasteiger partial charge < -0.3 is 9.32 Å². The maximum absolute atomic E-state index is 13.9. The molecular weight excluding hydrogens is 333 g/mol. The highest BCUT2D eigenvalue weighted by atomic mass is 19.1. The van der Waals surface area contributed by atoms with Gasteiger partial charge in [0.2, 0.25) is 0 Å². The van der Waals surface area contributed by atoms with Crippen LogP contribution in [0.15, 0.2) is 65.2 Å². The molecular formula is C20H19FN3O2+. The number of halogens is 1. The predicted molar refractivity (Wildman–Crippen MR) is 95.2 cm³/mol. The number of H-pyrrole nitrogens is 1. The third kappa shape index (κ3) is 3.18. The highest BCUT2D eigenvalue weighted by molar-refractivity contribution is 5.92. The lowest BCUT2D eigenvalue weighted by Gasteiger charge is -2.30. The normalized spacial score (nSPS) is 14.5. The van der Waals surface area contributed by atoms with Crippen molar-refractivity contribution in [1.29, 1.82) is 0 Å². The quantitative estimate of drug-likeness (QED) is 0.728. The van der Waals surface area contributed by atoms with Crippen molar-refractivity contribution in [2.45, 2.75) is 0 Å². The van der Waals surface area contributed by atoms with Crippen LogP contribution in [-0.4, -0.2) is 37.0 Å². The Morgan fingerprint density at radius 3 is 2.46 bits per heavy atom. The Labute approximate surface area is 150 Å². The molecule has 0 bridgehead atoms. The zero-order valence-corrected chi connectivity index (χ0v) is 14.2. The first-order valence-electron chi connectivity index (χ1n) is 8.58. The maximum atomic E-state index is 13.9. The molecule has 26 heavy (non-hydrogen) atoms. The van der Waals surface area contributed by atoms with Gasteiger partial charge in [-0.25, -0.2) is 9.37 Å². The van der Waals surface area contributed by atoms with Gasteiger partial charge in [-0.05, 0) is 30.3 Å². The van der Waals surface area contributed by atoms with Crippen LogP contribution in [0.3, 0.4) is 0 Å². The van der Waals surface area contributed by atoms with E-state index in [0.29, 0.717) is 24.4 Å². The molecule has 0 radical (unpaired) electrons. The Hall–Kier alpha value is -3.15. The molecule has 1 aromatic carbocycles. The van der Waals surface area contributed by atoms with E-state index in [-0.39, 0.29) is 17.5 Å². The Kier molecular flexibility index (Phi) is 4.39. The van der Waals surface area contributed by atoms with Crippen molar-refractivity contribution >= 4 is 11.7 Å². The number of nitrogens with zero attached hydrogens (tertiary/aromatic N) is 2. The number of nitrogens with one attached hydrogen (secondary N) is 1. The van der Waals surface area contributed by atoms with E-state index < -0.39 is 0 Å². The van der Waals surface area contributed by atoms with Crippen LogP contribution in [0.25, 0.3) is 11.3 Å². The van der Waals surface area contributed by atoms with Gasteiger partial charge in [0.15, 0.2) is 5.76 Å². The SMILES string of the molecule is O=C(c1ccc(-c2ccccc2F)o1)N1CCN(c2cccc[nH+]2)CC1. The summed E-state index contributed by atoms with van der Waals surface area (Å²) in [5, 5.41) is 0. The van der Waals surface area contributed by atoms with Gasteiger partial charge in [-0.3, -0.25) is 9.69 Å². The molecule has 0 atom stereocenters. The van der Waals surface area contributed by atoms with E-state index in [1.165, 1.54) is 6.07 Å². The van der Waals surface area contributed by atoms with Gasteiger partial charge in [-0.2, -0.15) is 0 Å². The van der Waals surface area contributed by atoms with Gasteiger partial charge in [0.25, 0.3) is 11.7 Å². The Balaban J connectivity index is 1.44. The summed E-state index contributed by atoms with van der Waals surface area (Å²) in [5.74, 6) is 1.12. The molecule has 1 saturated heterocycles. The van der Waals surface area contributed by atoms with Gasteiger partial charge in [0, 0.05) is 6.07 Å². The van der Waals surface area contributed by atoms with E-state index in [1.54, 1.807) is 35.2 Å². The summed E-state index contributed by atoms with van der Waals surface area (Å²) >= 11 is 0. The van der Waals surface area contributed by atoms with Crippen LogP contribution in [0, 0.1) is 5.82 Å². The molecule has 0 spiro atoms. The first kappa shape index (κ1) is 16.3. The lowest BCUT2D eigenvalue weighted by Crippen LogP contribution is -2.49. The average molecular weight is 352 g/mol. The first-order chi connectivity index (χ1) is 12.7. The van der Waals surface area contributed by atoms with Crippen LogP contribution in [0.4, 0.5) is 10.2 Å². The predicted octanol–water partition coefficient (Wildman–Crippen LogP) is 2.86. The maximum Gasteiger partial charge on any atom is 0.289 e. The van der Waals surface area contributed by atoms with Gasteiger partial charge in [-0.15, -0.1) is 0 Å². The molecule has 3 heterocycles. The Morgan fingerprint density at radius 2 is 1.73 bits per heavy atom. The number of rotatable bonds is 3. The monoisotopic (exact) mass is 352 g/mol. The zero-order chi connectivity index (χ0) is 17.9. The Morgan fingerprint density at radius 1 is 0.962 bits per heavy atom. The van der Waals surface area contributed by atoms with Crippen LogP contribution < -0.4 is 9.88 Å². The summed E-state index contributed by atoms with van der Waals surface area (Å²) in [7, 11) is 0. The highest BCUT2D eigenvalue weighted by Crippen LogP contribution is 2.25. The molecule has 132 valence electrons. The van der Waals surface area contributed by atoms with Crippen LogP contribution >= 0.6 is 0 Å². The van der Waals surface area contributed by atoms with Crippen molar-refractivity contribution in [2.75, 3.05) is 31.1 Å². The molecule has 1 N–H and O–H groups in total. The molecule has 1 aliphatic heterocycles. The summed E-state index contributed by atoms with van der Waals surface area (Å²) in [4.78, 5) is 19.9. The number of hydrogen-bond donors (Lipinski definition) is 0. The van der Waals surface area contributed by atoms with Gasteiger partial charge in [0.1, 0.15) is 24.7 Å². The van der Waals surface area contributed by atoms with Crippen molar-refractivity contribution < 1.29 is 18.6 Å². The fraction of sp³-hybridized carbons (Fsp3) is 0.200. The Bertz CT molecular complexity index is 902. The van der Waals surface area contributed by atoms with Crippen molar-refractivity contribution in [3.63, 3.8) is 0 Å². The summed E-state index contributed by atoms with van der Waals surface area (Å²) in [6, 6.07) is 15.6. The summed E-state index contributed by atoms with van der Waals surface area (Å²) < 4.78 is 19.5. The van der Waals surface area contributed by atoms with Crippen LogP contribution in [0.2, 0.25) is 0 Å². The molecule has 0 aliphatic carbocycles. The number of carbonyl (C=O) groups excluding carboxylic acids is 1. The van der Waals surface area contributed by atoms with Gasteiger partial charge >= 0.3 is 0 Å². The van der Waals surface area contributed by atoms with E-state index in [1.807, 2.05) is 24.4 Å². The van der Waals surface area contributed by atoms with E-state index in [9.17, 15) is 9.18 Å². The minimum Gasteiger partial charge on any atom is -0.451 e. The largest absolute Gasteiger partial charge is 0.451 e. The molecule has 5 nitrogen and oxygen atoms in total. The minimum absolute atomic E-state index is 0.163. The fourth-order valence-corrected chi connectivity index (χ4v) is 3.15. The molecule has 6 heteroatoms. The van der Waals surface area contributed by atoms with Crippen molar-refractivity contribution in [3.8, 4) is 11.3 Å². The van der Waals surface area contributed by atoms with Crippen LogP contribution in [0.1, 0.15) is 10.6 Å². The highest BCUT2D eigenvalue weighted by Gasteiger charge is 2.28. The minimum atomic E-state index is -0.367. The lowest BCUT2D eigenvalue weighted by atomic mass is 10.1. The molecule has 3 aromatic rings. The third-order valence-corrected chi connectivity index (χ3v) is 4.56. The molecule has 4 rings (SSSR count). The fourth-order valence-electron chi connectivity index (χ4n) is 3.15. The smallest absolute Gasteiger partial charge is 0.289 e. The first-order valence-corrected chi connectivity index (χ1v) is 8.58. The van der Waals surface area contributed by atoms with E-state index in [0.717, 1.165) is 18.9 Å². The molecule has 1 amide bonds. The number of pyridine rings is 1. The van der Waals surface area contributed by atoms with Crippen LogP contribution in [-0.2, 0) is 0 Å². The number of hydrogen-bond acceptors (Lipinski definition) is 3. The standard InChI is InChI=1S/C20H18FN3O2/c21-16-6-2-1-5-15(16)17-8-9-18(26-17)20(25)24-13-11-23(12-14-24)19-7-3-4-10-22-19/h1-10H,11-14H2/p+1. The number of furan rings is 1. The number of anilines is 1. The van der Waals surface area contributed by atoms with Crippen molar-refractivity contribution in [1.82, 2.24) is 4.90 Å². The second-order valence-corrected chi connectivity index (χ2v) is 6.17. The summed E-state index contributed by atoms with van der Waals surface area (Å²) in [6.45, 7) is 2.70. The average Bonchev–Trinajstić information content (AvgIpc) is 3.18. The molecule has 0 saturated carbocycles. The zero-order valence-electron chi connectivity index (χ0n) is 14.2. The summed E-state index contributed by atoms with van der Waals surface area (Å²) in [5.41, 5.74) is 0.357. The number of amides is 1. The van der Waals surface area contributed by atoms with E-state index in [2.05, 4.69) is 9.88 Å². The van der Waals surface area contributed by atoms with E-state index in [4.69, 9.17) is 4.42 Å². The summed E-state index contributed by atoms with van der Waals surface area (Å²) in [6.07, 6.45) is 1.89. The number of benzene rings is 1. The number of piperazine rings is 1. The van der Waals surface area contributed by atoms with E-state index >= 15 is 0 Å². The van der Waals surface area contributed by atoms with Crippen LogP contribution in [0.5, 0.6) is 0 Å². The molecule has 1 fully saturated rings. The molecule has 0 unspecified atom stereocenters. The van der Waals surface area contributed by atoms with Gasteiger partial charge in [0.05, 0.1) is 24.8 Å². The number of aromatic amines is 1. The molecule has 2 aromatic heterocycles. The molecule has 1 aliphatic rings.